The van der Waals surface area contributed by atoms with Gasteiger partial charge in [0.25, 0.3) is 0 Å². The zero-order valence-corrected chi connectivity index (χ0v) is 12.7. The number of aromatic nitrogens is 1. The zero-order chi connectivity index (χ0) is 14.8. The Morgan fingerprint density at radius 3 is 2.67 bits per heavy atom. The molecule has 0 unspecified atom stereocenters. The van der Waals surface area contributed by atoms with Crippen LogP contribution in [0.2, 0.25) is 0 Å². The molecule has 0 atom stereocenters. The van der Waals surface area contributed by atoms with Gasteiger partial charge in [-0.1, -0.05) is 25.1 Å². The minimum atomic E-state index is 0.756. The summed E-state index contributed by atoms with van der Waals surface area (Å²) in [5.74, 6) is 1.06. The van der Waals surface area contributed by atoms with Crippen LogP contribution in [0.1, 0.15) is 29.6 Å². The van der Waals surface area contributed by atoms with Gasteiger partial charge in [-0.25, -0.2) is 0 Å². The third-order valence-electron chi connectivity index (χ3n) is 3.78. The number of hydrogen-bond donors (Lipinski definition) is 1. The molecule has 2 aromatic heterocycles. The fraction of sp³-hybridized carbons (Fsp3) is 0.278. The number of nitrogens with zero attached hydrogens (tertiary/aromatic N) is 1. The van der Waals surface area contributed by atoms with E-state index in [0.29, 0.717) is 0 Å². The number of furan rings is 1. The third kappa shape index (κ3) is 2.64. The first kappa shape index (κ1) is 13.7. The predicted molar refractivity (Wildman–Crippen MR) is 86.6 cm³/mol. The first-order chi connectivity index (χ1) is 10.2. The van der Waals surface area contributed by atoms with Gasteiger partial charge >= 0.3 is 0 Å². The molecule has 21 heavy (non-hydrogen) atoms. The number of aryl methyl sites for hydroxylation is 3. The molecule has 0 amide bonds. The van der Waals surface area contributed by atoms with E-state index in [0.717, 1.165) is 41.4 Å². The summed E-state index contributed by atoms with van der Waals surface area (Å²) in [6.45, 7) is 6.92. The van der Waals surface area contributed by atoms with Crippen molar-refractivity contribution in [3.8, 4) is 0 Å². The van der Waals surface area contributed by atoms with Crippen molar-refractivity contribution in [3.63, 3.8) is 0 Å². The van der Waals surface area contributed by atoms with E-state index < -0.39 is 0 Å². The summed E-state index contributed by atoms with van der Waals surface area (Å²) >= 11 is 0. The number of benzene rings is 1. The molecule has 3 nitrogen and oxygen atoms in total. The van der Waals surface area contributed by atoms with E-state index in [1.807, 2.05) is 32.0 Å². The van der Waals surface area contributed by atoms with E-state index in [1.54, 1.807) is 0 Å². The Hall–Kier alpha value is -2.29. The average Bonchev–Trinajstić information content (AvgIpc) is 2.84. The van der Waals surface area contributed by atoms with E-state index in [1.165, 1.54) is 10.9 Å². The van der Waals surface area contributed by atoms with Crippen LogP contribution < -0.4 is 5.32 Å². The van der Waals surface area contributed by atoms with Crippen LogP contribution in [0.25, 0.3) is 11.0 Å². The molecule has 3 aromatic rings. The highest BCUT2D eigenvalue weighted by Crippen LogP contribution is 2.27. The fourth-order valence-corrected chi connectivity index (χ4v) is 2.69. The Bertz CT molecular complexity index is 774. The van der Waals surface area contributed by atoms with Crippen molar-refractivity contribution in [2.75, 3.05) is 5.32 Å². The quantitative estimate of drug-likeness (QED) is 0.757. The summed E-state index contributed by atoms with van der Waals surface area (Å²) in [7, 11) is 0. The van der Waals surface area contributed by atoms with Gasteiger partial charge < -0.3 is 9.73 Å². The van der Waals surface area contributed by atoms with E-state index in [9.17, 15) is 0 Å². The molecule has 1 aromatic carbocycles. The maximum Gasteiger partial charge on any atom is 0.134 e. The maximum atomic E-state index is 5.93. The lowest BCUT2D eigenvalue weighted by molar-refractivity contribution is 0.551. The molecule has 3 rings (SSSR count). The van der Waals surface area contributed by atoms with Crippen molar-refractivity contribution in [2.24, 2.45) is 0 Å². The summed E-state index contributed by atoms with van der Waals surface area (Å²) in [6.07, 6.45) is 0.900. The molecular weight excluding hydrogens is 260 g/mol. The van der Waals surface area contributed by atoms with Crippen LogP contribution in [-0.2, 0) is 13.0 Å². The molecule has 0 saturated carbocycles. The van der Waals surface area contributed by atoms with E-state index in [4.69, 9.17) is 4.42 Å². The Morgan fingerprint density at radius 1 is 1.10 bits per heavy atom. The summed E-state index contributed by atoms with van der Waals surface area (Å²) < 4.78 is 5.93. The second-order valence-electron chi connectivity index (χ2n) is 5.29. The fourth-order valence-electron chi connectivity index (χ4n) is 2.69. The first-order valence-electron chi connectivity index (χ1n) is 7.36. The molecule has 108 valence electrons. The molecule has 0 radical (unpaired) electrons. The SMILES string of the molecule is CCc1oc2ccccc2c1CNc1ccc(C)nc1C. The Balaban J connectivity index is 1.91. The van der Waals surface area contributed by atoms with Crippen LogP contribution in [0.3, 0.4) is 0 Å². The number of pyridine rings is 1. The summed E-state index contributed by atoms with van der Waals surface area (Å²) in [4.78, 5) is 4.49. The first-order valence-corrected chi connectivity index (χ1v) is 7.36. The van der Waals surface area contributed by atoms with Crippen LogP contribution >= 0.6 is 0 Å². The molecule has 3 heteroatoms. The van der Waals surface area contributed by atoms with Gasteiger partial charge in [0.15, 0.2) is 0 Å². The Labute approximate surface area is 125 Å². The van der Waals surface area contributed by atoms with Crippen molar-refractivity contribution in [1.29, 1.82) is 0 Å². The van der Waals surface area contributed by atoms with Gasteiger partial charge in [-0.3, -0.25) is 4.98 Å². The molecule has 0 aliphatic rings. The minimum absolute atomic E-state index is 0.756. The summed E-state index contributed by atoms with van der Waals surface area (Å²) in [5.41, 5.74) is 5.35. The molecule has 0 fully saturated rings. The number of nitrogens with one attached hydrogen (secondary N) is 1. The molecule has 0 bridgehead atoms. The van der Waals surface area contributed by atoms with Crippen LogP contribution in [-0.4, -0.2) is 4.98 Å². The van der Waals surface area contributed by atoms with Crippen molar-refractivity contribution in [2.45, 2.75) is 33.7 Å². The minimum Gasteiger partial charge on any atom is -0.461 e. The van der Waals surface area contributed by atoms with E-state index in [-0.39, 0.29) is 0 Å². The lowest BCUT2D eigenvalue weighted by Crippen LogP contribution is -2.03. The van der Waals surface area contributed by atoms with Gasteiger partial charge in [-0.05, 0) is 32.0 Å². The number of anilines is 1. The topological polar surface area (TPSA) is 38.1 Å². The molecule has 0 aliphatic carbocycles. The number of hydrogen-bond acceptors (Lipinski definition) is 3. The number of para-hydroxylation sites is 1. The van der Waals surface area contributed by atoms with Gasteiger partial charge in [0.2, 0.25) is 0 Å². The zero-order valence-electron chi connectivity index (χ0n) is 12.7. The lowest BCUT2D eigenvalue weighted by atomic mass is 10.1. The summed E-state index contributed by atoms with van der Waals surface area (Å²) in [6, 6.07) is 12.3. The van der Waals surface area contributed by atoms with Gasteiger partial charge in [0.05, 0.1) is 11.4 Å². The standard InChI is InChI=1S/C18H20N2O/c1-4-17-15(14-7-5-6-8-18(14)21-17)11-19-16-10-9-12(2)20-13(16)3/h5-10,19H,4,11H2,1-3H3. The van der Waals surface area contributed by atoms with Crippen LogP contribution in [0, 0.1) is 13.8 Å². The van der Waals surface area contributed by atoms with Crippen molar-refractivity contribution < 1.29 is 4.42 Å². The Morgan fingerprint density at radius 2 is 1.90 bits per heavy atom. The number of rotatable bonds is 4. The highest BCUT2D eigenvalue weighted by Gasteiger charge is 2.12. The highest BCUT2D eigenvalue weighted by atomic mass is 16.3. The van der Waals surface area contributed by atoms with Crippen molar-refractivity contribution in [1.82, 2.24) is 4.98 Å². The predicted octanol–water partition coefficient (Wildman–Crippen LogP) is 4.62. The normalized spacial score (nSPS) is 11.0. The summed E-state index contributed by atoms with van der Waals surface area (Å²) in [5, 5.41) is 4.68. The highest BCUT2D eigenvalue weighted by molar-refractivity contribution is 5.82. The van der Waals surface area contributed by atoms with Crippen LogP contribution in [0.4, 0.5) is 5.69 Å². The molecule has 1 N–H and O–H groups in total. The number of fused-ring (bicyclic) bond motifs is 1. The second kappa shape index (κ2) is 5.60. The van der Waals surface area contributed by atoms with E-state index in [2.05, 4.69) is 35.4 Å². The molecular formula is C18H20N2O. The third-order valence-corrected chi connectivity index (χ3v) is 3.78. The van der Waals surface area contributed by atoms with Gasteiger partial charge in [0, 0.05) is 29.6 Å². The molecule has 0 spiro atoms. The second-order valence-corrected chi connectivity index (χ2v) is 5.29. The van der Waals surface area contributed by atoms with Crippen LogP contribution in [0.15, 0.2) is 40.8 Å². The Kier molecular flexibility index (Phi) is 3.65. The van der Waals surface area contributed by atoms with Gasteiger partial charge in [-0.2, -0.15) is 0 Å². The molecule has 0 saturated heterocycles. The van der Waals surface area contributed by atoms with E-state index >= 15 is 0 Å². The lowest BCUT2D eigenvalue weighted by Gasteiger charge is -2.09. The largest absolute Gasteiger partial charge is 0.461 e. The average molecular weight is 280 g/mol. The van der Waals surface area contributed by atoms with Gasteiger partial charge in [-0.15, -0.1) is 0 Å². The van der Waals surface area contributed by atoms with Crippen molar-refractivity contribution >= 4 is 16.7 Å². The maximum absolute atomic E-state index is 5.93. The monoisotopic (exact) mass is 280 g/mol. The van der Waals surface area contributed by atoms with Crippen LogP contribution in [0.5, 0.6) is 0 Å². The molecule has 0 aliphatic heterocycles. The smallest absolute Gasteiger partial charge is 0.134 e. The molecule has 2 heterocycles. The van der Waals surface area contributed by atoms with Crippen molar-refractivity contribution in [3.05, 3.63) is 59.1 Å². The van der Waals surface area contributed by atoms with Gasteiger partial charge in [0.1, 0.15) is 11.3 Å².